The molecule has 0 bridgehead atoms. The van der Waals surface area contributed by atoms with E-state index in [4.69, 9.17) is 5.11 Å². The fourth-order valence-corrected chi connectivity index (χ4v) is 2.23. The molecule has 6 nitrogen and oxygen atoms in total. The third-order valence-electron chi connectivity index (χ3n) is 2.43. The highest BCUT2D eigenvalue weighted by atomic mass is 32.1. The molecule has 1 aromatic heterocycles. The number of nitrogens with one attached hydrogen (secondary N) is 1. The Morgan fingerprint density at radius 3 is 2.68 bits per heavy atom. The van der Waals surface area contributed by atoms with Crippen LogP contribution in [0.15, 0.2) is 36.4 Å². The third kappa shape index (κ3) is 2.95. The van der Waals surface area contributed by atoms with E-state index in [2.05, 4.69) is 5.32 Å². The van der Waals surface area contributed by atoms with Gasteiger partial charge in [0.1, 0.15) is 0 Å². The van der Waals surface area contributed by atoms with E-state index >= 15 is 0 Å². The van der Waals surface area contributed by atoms with Gasteiger partial charge in [-0.1, -0.05) is 29.5 Å². The van der Waals surface area contributed by atoms with E-state index in [0.29, 0.717) is 11.3 Å². The van der Waals surface area contributed by atoms with Crippen LogP contribution in [-0.4, -0.2) is 15.9 Å². The molecule has 19 heavy (non-hydrogen) atoms. The number of rotatable bonds is 4. The lowest BCUT2D eigenvalue weighted by atomic mass is 10.2. The molecule has 2 N–H and O–H groups in total. The molecule has 0 aliphatic heterocycles. The first-order valence-corrected chi connectivity index (χ1v) is 6.18. The number of hydrogen-bond donors (Lipinski definition) is 2. The van der Waals surface area contributed by atoms with Crippen molar-refractivity contribution in [1.29, 1.82) is 0 Å². The first-order valence-electron chi connectivity index (χ1n) is 5.36. The number of amides is 1. The lowest BCUT2D eigenvalue weighted by Gasteiger charge is -2.07. The van der Waals surface area contributed by atoms with Gasteiger partial charge in [0, 0.05) is 17.3 Å². The molecule has 1 amide bonds. The second-order valence-electron chi connectivity index (χ2n) is 3.66. The zero-order chi connectivity index (χ0) is 13.8. The highest BCUT2D eigenvalue weighted by Crippen LogP contribution is 2.25. The predicted molar refractivity (Wildman–Crippen MR) is 71.3 cm³/mol. The summed E-state index contributed by atoms with van der Waals surface area (Å²) in [6, 6.07) is 9.51. The number of aliphatic hydroxyl groups is 1. The second kappa shape index (κ2) is 5.59. The molecule has 0 aliphatic carbocycles. The Morgan fingerprint density at radius 1 is 1.32 bits per heavy atom. The van der Waals surface area contributed by atoms with Gasteiger partial charge in [-0.2, -0.15) is 0 Å². The van der Waals surface area contributed by atoms with Crippen molar-refractivity contribution >= 4 is 27.9 Å². The van der Waals surface area contributed by atoms with Crippen LogP contribution in [0, 0.1) is 10.1 Å². The molecule has 0 unspecified atom stereocenters. The fourth-order valence-electron chi connectivity index (χ4n) is 1.51. The van der Waals surface area contributed by atoms with Gasteiger partial charge in [-0.15, -0.1) is 0 Å². The van der Waals surface area contributed by atoms with Crippen molar-refractivity contribution in [3.63, 3.8) is 0 Å². The number of nitrogens with zero attached hydrogens (tertiary/aromatic N) is 1. The maximum absolute atomic E-state index is 11.9. The maximum atomic E-state index is 11.9. The van der Waals surface area contributed by atoms with E-state index in [1.807, 2.05) is 0 Å². The number of para-hydroxylation sites is 1. The van der Waals surface area contributed by atoms with Crippen molar-refractivity contribution in [3.05, 3.63) is 57.0 Å². The number of thiophene rings is 1. The lowest BCUT2D eigenvalue weighted by molar-refractivity contribution is -0.380. The van der Waals surface area contributed by atoms with Gasteiger partial charge in [0.25, 0.3) is 5.91 Å². The molecule has 0 fully saturated rings. The fraction of sp³-hybridized carbons (Fsp3) is 0.0833. The maximum Gasteiger partial charge on any atom is 0.324 e. The van der Waals surface area contributed by atoms with Gasteiger partial charge in [-0.05, 0) is 12.1 Å². The van der Waals surface area contributed by atoms with Crippen molar-refractivity contribution in [2.75, 3.05) is 5.32 Å². The van der Waals surface area contributed by atoms with Crippen LogP contribution < -0.4 is 5.32 Å². The largest absolute Gasteiger partial charge is 0.392 e. The van der Waals surface area contributed by atoms with Crippen LogP contribution in [0.4, 0.5) is 10.7 Å². The summed E-state index contributed by atoms with van der Waals surface area (Å²) in [5.41, 5.74) is 1.08. The number of aliphatic hydroxyl groups excluding tert-OH is 1. The van der Waals surface area contributed by atoms with Crippen LogP contribution >= 0.6 is 11.3 Å². The van der Waals surface area contributed by atoms with Gasteiger partial charge in [0.15, 0.2) is 0 Å². The molecule has 1 aromatic carbocycles. The van der Waals surface area contributed by atoms with Crippen molar-refractivity contribution in [3.8, 4) is 0 Å². The van der Waals surface area contributed by atoms with Crippen LogP contribution in [0.3, 0.4) is 0 Å². The quantitative estimate of drug-likeness (QED) is 0.663. The smallest absolute Gasteiger partial charge is 0.324 e. The van der Waals surface area contributed by atoms with Crippen LogP contribution in [0.25, 0.3) is 0 Å². The highest BCUT2D eigenvalue weighted by molar-refractivity contribution is 7.17. The van der Waals surface area contributed by atoms with E-state index in [9.17, 15) is 14.9 Å². The highest BCUT2D eigenvalue weighted by Gasteiger charge is 2.16. The molecule has 98 valence electrons. The monoisotopic (exact) mass is 278 g/mol. The minimum Gasteiger partial charge on any atom is -0.392 e. The van der Waals surface area contributed by atoms with E-state index in [-0.39, 0.29) is 16.5 Å². The number of carbonyl (C=O) groups is 1. The molecule has 0 spiro atoms. The standard InChI is InChI=1S/C12H10N2O4S/c15-7-8-3-1-2-4-9(8)13-12(16)10-5-6-11(19-10)14(17)18/h1-6,15H,7H2,(H,13,16). The molecular formula is C12H10N2O4S. The zero-order valence-corrected chi connectivity index (χ0v) is 10.5. The van der Waals surface area contributed by atoms with Gasteiger partial charge in [-0.25, -0.2) is 0 Å². The Labute approximate surface area is 112 Å². The van der Waals surface area contributed by atoms with Gasteiger partial charge >= 0.3 is 5.00 Å². The van der Waals surface area contributed by atoms with Gasteiger partial charge in [-0.3, -0.25) is 14.9 Å². The second-order valence-corrected chi connectivity index (χ2v) is 4.73. The topological polar surface area (TPSA) is 92.5 Å². The molecule has 0 saturated carbocycles. The van der Waals surface area contributed by atoms with Crippen LogP contribution in [0.2, 0.25) is 0 Å². The summed E-state index contributed by atoms with van der Waals surface area (Å²) >= 11 is 0.808. The number of anilines is 1. The molecular weight excluding hydrogens is 268 g/mol. The molecule has 0 radical (unpaired) electrons. The average molecular weight is 278 g/mol. The summed E-state index contributed by atoms with van der Waals surface area (Å²) in [7, 11) is 0. The summed E-state index contributed by atoms with van der Waals surface area (Å²) in [6.07, 6.45) is 0. The van der Waals surface area contributed by atoms with E-state index in [1.54, 1.807) is 24.3 Å². The first kappa shape index (κ1) is 13.2. The summed E-state index contributed by atoms with van der Waals surface area (Å²) in [4.78, 5) is 22.2. The minimum absolute atomic E-state index is 0.0828. The molecule has 2 rings (SSSR count). The first-order chi connectivity index (χ1) is 9.11. The van der Waals surface area contributed by atoms with Crippen molar-refractivity contribution in [2.45, 2.75) is 6.61 Å². The van der Waals surface area contributed by atoms with Crippen LogP contribution in [-0.2, 0) is 6.61 Å². The number of benzene rings is 1. The number of nitro groups is 1. The van der Waals surface area contributed by atoms with E-state index in [0.717, 1.165) is 11.3 Å². The summed E-state index contributed by atoms with van der Waals surface area (Å²) < 4.78 is 0. The molecule has 0 aliphatic rings. The zero-order valence-electron chi connectivity index (χ0n) is 9.70. The minimum atomic E-state index is -0.539. The van der Waals surface area contributed by atoms with Gasteiger partial charge < -0.3 is 10.4 Å². The molecule has 0 saturated heterocycles. The lowest BCUT2D eigenvalue weighted by Crippen LogP contribution is -2.11. The van der Waals surface area contributed by atoms with E-state index in [1.165, 1.54) is 12.1 Å². The van der Waals surface area contributed by atoms with Gasteiger partial charge in [0.05, 0.1) is 16.4 Å². The summed E-state index contributed by atoms with van der Waals surface area (Å²) in [6.45, 7) is -0.193. The molecule has 1 heterocycles. The Balaban J connectivity index is 2.18. The Bertz CT molecular complexity index is 624. The van der Waals surface area contributed by atoms with Crippen LogP contribution in [0.5, 0.6) is 0 Å². The van der Waals surface area contributed by atoms with Crippen molar-refractivity contribution in [1.82, 2.24) is 0 Å². The Hall–Kier alpha value is -2.25. The Morgan fingerprint density at radius 2 is 2.05 bits per heavy atom. The SMILES string of the molecule is O=C(Nc1ccccc1CO)c1ccc([N+](=O)[O-])s1. The Kier molecular flexibility index (Phi) is 3.88. The van der Waals surface area contributed by atoms with Gasteiger partial charge in [0.2, 0.25) is 0 Å². The van der Waals surface area contributed by atoms with Crippen molar-refractivity contribution in [2.24, 2.45) is 0 Å². The summed E-state index contributed by atoms with van der Waals surface area (Å²) in [5, 5.41) is 22.2. The van der Waals surface area contributed by atoms with Crippen LogP contribution in [0.1, 0.15) is 15.2 Å². The third-order valence-corrected chi connectivity index (χ3v) is 3.47. The average Bonchev–Trinajstić information content (AvgIpc) is 2.89. The van der Waals surface area contributed by atoms with E-state index < -0.39 is 10.8 Å². The summed E-state index contributed by atoms with van der Waals surface area (Å²) in [5.74, 6) is -0.431. The molecule has 7 heteroatoms. The normalized spacial score (nSPS) is 10.2. The predicted octanol–water partition coefficient (Wildman–Crippen LogP) is 2.40. The number of hydrogen-bond acceptors (Lipinski definition) is 5. The van der Waals surface area contributed by atoms with Crippen molar-refractivity contribution < 1.29 is 14.8 Å². The number of carbonyl (C=O) groups excluding carboxylic acids is 1. The molecule has 2 aromatic rings. The molecule has 0 atom stereocenters.